The molecule has 0 bridgehead atoms. The second-order valence-electron chi connectivity index (χ2n) is 8.00. The van der Waals surface area contributed by atoms with Crippen LogP contribution in [0.15, 0.2) is 24.3 Å². The third kappa shape index (κ3) is 11.8. The summed E-state index contributed by atoms with van der Waals surface area (Å²) >= 11 is 0. The Morgan fingerprint density at radius 2 is 1.49 bits per heavy atom. The quantitative estimate of drug-likeness (QED) is 0.116. The zero-order valence-corrected chi connectivity index (χ0v) is 19.4. The first-order valence-corrected chi connectivity index (χ1v) is 11.2. The molecule has 0 spiro atoms. The first kappa shape index (κ1) is 29.3. The van der Waals surface area contributed by atoms with E-state index in [-0.39, 0.29) is 31.4 Å². The molecule has 0 aromatic heterocycles. The second-order valence-corrected chi connectivity index (χ2v) is 8.00. The summed E-state index contributed by atoms with van der Waals surface area (Å²) in [6, 6.07) is 2.76. The van der Waals surface area contributed by atoms with Crippen molar-refractivity contribution < 1.29 is 34.2 Å². The molecule has 0 aliphatic carbocycles. The highest BCUT2D eigenvalue weighted by Gasteiger charge is 2.28. The fourth-order valence-corrected chi connectivity index (χ4v) is 3.13. The number of carbonyl (C=O) groups excluding carboxylic acids is 4. The topological polar surface area (TPSA) is 240 Å². The van der Waals surface area contributed by atoms with E-state index < -0.39 is 54.3 Å². The van der Waals surface area contributed by atoms with E-state index in [1.807, 2.05) is 0 Å². The lowest BCUT2D eigenvalue weighted by atomic mass is 10.0. The molecule has 0 saturated heterocycles. The maximum absolute atomic E-state index is 12.9. The summed E-state index contributed by atoms with van der Waals surface area (Å²) in [7, 11) is 0. The molecule has 0 heterocycles. The van der Waals surface area contributed by atoms with Crippen LogP contribution in [-0.2, 0) is 30.4 Å². The van der Waals surface area contributed by atoms with Gasteiger partial charge in [-0.3, -0.25) is 24.0 Å². The number of primary amides is 1. The minimum Gasteiger partial charge on any atom is -0.508 e. The van der Waals surface area contributed by atoms with E-state index in [1.54, 1.807) is 12.1 Å². The first-order chi connectivity index (χ1) is 16.5. The van der Waals surface area contributed by atoms with E-state index in [0.29, 0.717) is 24.9 Å². The van der Waals surface area contributed by atoms with Gasteiger partial charge >= 0.3 is 5.97 Å². The maximum Gasteiger partial charge on any atom is 0.322 e. The molecule has 0 radical (unpaired) electrons. The Morgan fingerprint density at radius 1 is 0.886 bits per heavy atom. The molecular weight excluding hydrogens is 460 g/mol. The number of unbranched alkanes of at least 4 members (excludes halogenated alkanes) is 1. The van der Waals surface area contributed by atoms with Gasteiger partial charge in [0.15, 0.2) is 0 Å². The van der Waals surface area contributed by atoms with Crippen molar-refractivity contribution in [2.45, 2.75) is 56.7 Å². The second kappa shape index (κ2) is 15.2. The Kier molecular flexibility index (Phi) is 12.8. The van der Waals surface area contributed by atoms with Gasteiger partial charge in [0, 0.05) is 6.42 Å². The fourth-order valence-electron chi connectivity index (χ4n) is 3.13. The Morgan fingerprint density at radius 3 is 2.06 bits per heavy atom. The number of hydrogen-bond acceptors (Lipinski definition) is 8. The van der Waals surface area contributed by atoms with Crippen LogP contribution >= 0.6 is 0 Å². The van der Waals surface area contributed by atoms with Gasteiger partial charge in [-0.1, -0.05) is 12.1 Å². The third-order valence-electron chi connectivity index (χ3n) is 5.03. The highest BCUT2D eigenvalue weighted by Crippen LogP contribution is 2.11. The van der Waals surface area contributed by atoms with Gasteiger partial charge < -0.3 is 43.4 Å². The molecular formula is C22H34N6O7. The predicted molar refractivity (Wildman–Crippen MR) is 126 cm³/mol. The minimum absolute atomic E-state index is 0.0587. The number of carbonyl (C=O) groups is 5. The summed E-state index contributed by atoms with van der Waals surface area (Å²) in [5, 5.41) is 25.4. The van der Waals surface area contributed by atoms with Crippen molar-refractivity contribution in [2.75, 3.05) is 13.1 Å². The molecule has 3 unspecified atom stereocenters. The van der Waals surface area contributed by atoms with Crippen LogP contribution in [0, 0.1) is 0 Å². The summed E-state index contributed by atoms with van der Waals surface area (Å²) in [6.07, 6.45) is 1.02. The number of rotatable bonds is 16. The predicted octanol–water partition coefficient (Wildman–Crippen LogP) is -2.17. The first-order valence-electron chi connectivity index (χ1n) is 11.2. The van der Waals surface area contributed by atoms with Crippen molar-refractivity contribution >= 4 is 29.6 Å². The molecule has 35 heavy (non-hydrogen) atoms. The normalized spacial score (nSPS) is 13.2. The molecule has 1 aromatic rings. The highest BCUT2D eigenvalue weighted by atomic mass is 16.4. The van der Waals surface area contributed by atoms with Crippen molar-refractivity contribution in [3.63, 3.8) is 0 Å². The zero-order valence-electron chi connectivity index (χ0n) is 19.4. The van der Waals surface area contributed by atoms with Crippen LogP contribution < -0.4 is 33.2 Å². The monoisotopic (exact) mass is 494 g/mol. The van der Waals surface area contributed by atoms with Crippen LogP contribution in [0.5, 0.6) is 5.75 Å². The standard InChI is InChI=1S/C22H34N6O7/c23-10-2-1-3-16(21(34)26-12-19(31)32)28-22(35)17(8-9-18(25)30)27-20(33)15(24)11-13-4-6-14(29)7-5-13/h4-7,15-17,29H,1-3,8-12,23-24H2,(H2,25,30)(H,26,34)(H,27,33)(H,28,35)(H,31,32). The lowest BCUT2D eigenvalue weighted by molar-refractivity contribution is -0.138. The number of aliphatic carboxylic acids is 1. The number of nitrogens with one attached hydrogen (secondary N) is 3. The third-order valence-corrected chi connectivity index (χ3v) is 5.03. The van der Waals surface area contributed by atoms with E-state index in [4.69, 9.17) is 22.3 Å². The summed E-state index contributed by atoms with van der Waals surface area (Å²) in [5.74, 6) is -4.01. The van der Waals surface area contributed by atoms with Crippen LogP contribution in [0.25, 0.3) is 0 Å². The van der Waals surface area contributed by atoms with Crippen molar-refractivity contribution in [3.8, 4) is 5.75 Å². The molecule has 0 aliphatic heterocycles. The van der Waals surface area contributed by atoms with Gasteiger partial charge in [0.25, 0.3) is 0 Å². The number of carboxylic acids is 1. The van der Waals surface area contributed by atoms with Crippen molar-refractivity contribution in [2.24, 2.45) is 17.2 Å². The molecule has 1 aromatic carbocycles. The van der Waals surface area contributed by atoms with Gasteiger partial charge in [-0.15, -0.1) is 0 Å². The Balaban J connectivity index is 2.89. The summed E-state index contributed by atoms with van der Waals surface area (Å²) in [4.78, 5) is 60.0. The molecule has 3 atom stereocenters. The van der Waals surface area contributed by atoms with E-state index in [0.717, 1.165) is 0 Å². The summed E-state index contributed by atoms with van der Waals surface area (Å²) in [5.41, 5.74) is 17.3. The van der Waals surface area contributed by atoms with E-state index in [9.17, 15) is 29.1 Å². The molecule has 0 aliphatic rings. The highest BCUT2D eigenvalue weighted by molar-refractivity contribution is 5.94. The van der Waals surface area contributed by atoms with Gasteiger partial charge in [0.2, 0.25) is 23.6 Å². The number of benzene rings is 1. The molecule has 4 amide bonds. The molecule has 0 fully saturated rings. The van der Waals surface area contributed by atoms with Crippen LogP contribution in [0.4, 0.5) is 0 Å². The maximum atomic E-state index is 12.9. The molecule has 13 nitrogen and oxygen atoms in total. The van der Waals surface area contributed by atoms with E-state index in [1.165, 1.54) is 12.1 Å². The zero-order chi connectivity index (χ0) is 26.4. The lowest BCUT2D eigenvalue weighted by Gasteiger charge is -2.24. The number of phenols is 1. The van der Waals surface area contributed by atoms with Crippen molar-refractivity contribution in [1.82, 2.24) is 16.0 Å². The smallest absolute Gasteiger partial charge is 0.322 e. The van der Waals surface area contributed by atoms with E-state index >= 15 is 0 Å². The Hall–Kier alpha value is -3.71. The number of phenolic OH excluding ortho intramolecular Hbond substituents is 1. The van der Waals surface area contributed by atoms with Crippen LogP contribution in [-0.4, -0.2) is 71.0 Å². The van der Waals surface area contributed by atoms with Gasteiger partial charge in [-0.2, -0.15) is 0 Å². The van der Waals surface area contributed by atoms with Crippen molar-refractivity contribution in [1.29, 1.82) is 0 Å². The van der Waals surface area contributed by atoms with Gasteiger partial charge in [-0.05, 0) is 56.3 Å². The summed E-state index contributed by atoms with van der Waals surface area (Å²) < 4.78 is 0. The fraction of sp³-hybridized carbons (Fsp3) is 0.500. The molecule has 1 rings (SSSR count). The SMILES string of the molecule is NCCCCC(NC(=O)C(CCC(N)=O)NC(=O)C(N)Cc1ccc(O)cc1)C(=O)NCC(=O)O. The van der Waals surface area contributed by atoms with Crippen LogP contribution in [0.2, 0.25) is 0 Å². The van der Waals surface area contributed by atoms with Crippen molar-refractivity contribution in [3.05, 3.63) is 29.8 Å². The number of amides is 4. The summed E-state index contributed by atoms with van der Waals surface area (Å²) in [6.45, 7) is -0.260. The van der Waals surface area contributed by atoms with Crippen LogP contribution in [0.1, 0.15) is 37.7 Å². The largest absolute Gasteiger partial charge is 0.508 e. The lowest BCUT2D eigenvalue weighted by Crippen LogP contribution is -2.56. The van der Waals surface area contributed by atoms with Gasteiger partial charge in [-0.25, -0.2) is 0 Å². The number of nitrogens with two attached hydrogens (primary N) is 3. The molecule has 13 heteroatoms. The van der Waals surface area contributed by atoms with E-state index in [2.05, 4.69) is 16.0 Å². The van der Waals surface area contributed by atoms with Crippen LogP contribution in [0.3, 0.4) is 0 Å². The average molecular weight is 495 g/mol. The Labute approximate surface area is 202 Å². The number of hydrogen-bond donors (Lipinski definition) is 8. The molecule has 194 valence electrons. The molecule has 11 N–H and O–H groups in total. The van der Waals surface area contributed by atoms with Gasteiger partial charge in [0.05, 0.1) is 6.04 Å². The average Bonchev–Trinajstić information content (AvgIpc) is 2.80. The number of carboxylic acid groups (broad SMARTS) is 1. The van der Waals surface area contributed by atoms with Gasteiger partial charge in [0.1, 0.15) is 24.4 Å². The molecule has 0 saturated carbocycles. The minimum atomic E-state index is -1.25. The Bertz CT molecular complexity index is 878. The number of aromatic hydroxyl groups is 1.